The molecule has 1 aliphatic carbocycles. The highest BCUT2D eigenvalue weighted by Gasteiger charge is 2.34. The lowest BCUT2D eigenvalue weighted by Crippen LogP contribution is -2.38. The first kappa shape index (κ1) is 10.0. The zero-order valence-electron chi connectivity index (χ0n) is 8.64. The summed E-state index contributed by atoms with van der Waals surface area (Å²) >= 11 is 0. The van der Waals surface area contributed by atoms with Crippen LogP contribution in [0.5, 0.6) is 0 Å². The van der Waals surface area contributed by atoms with E-state index < -0.39 is 0 Å². The highest BCUT2D eigenvalue weighted by atomic mass is 16.3. The maximum atomic E-state index is 10.1. The number of rotatable bonds is 2. The van der Waals surface area contributed by atoms with E-state index in [2.05, 4.69) is 13.8 Å². The third kappa shape index (κ3) is 2.48. The van der Waals surface area contributed by atoms with Crippen molar-refractivity contribution in [3.8, 4) is 0 Å². The minimum absolute atomic E-state index is 0.373. The van der Waals surface area contributed by atoms with Crippen molar-refractivity contribution in [2.24, 2.45) is 11.8 Å². The van der Waals surface area contributed by atoms with Crippen LogP contribution in [-0.2, 0) is 0 Å². The third-order valence-electron chi connectivity index (χ3n) is 3.12. The molecule has 2 atom stereocenters. The first-order valence-corrected chi connectivity index (χ1v) is 5.25. The van der Waals surface area contributed by atoms with Gasteiger partial charge in [-0.25, -0.2) is 0 Å². The Morgan fingerprint density at radius 2 is 2.08 bits per heavy atom. The van der Waals surface area contributed by atoms with E-state index in [4.69, 9.17) is 0 Å². The summed E-state index contributed by atoms with van der Waals surface area (Å²) in [6.07, 6.45) is 5.94. The molecule has 1 fully saturated rings. The first-order valence-electron chi connectivity index (χ1n) is 5.25. The Kier molecular flexibility index (Phi) is 3.16. The molecule has 1 saturated carbocycles. The molecule has 1 N–H and O–H groups in total. The second-order valence-electron chi connectivity index (χ2n) is 4.93. The molecule has 0 aromatic carbocycles. The van der Waals surface area contributed by atoms with Gasteiger partial charge in [-0.15, -0.1) is 0 Å². The van der Waals surface area contributed by atoms with Gasteiger partial charge in [0, 0.05) is 0 Å². The summed E-state index contributed by atoms with van der Waals surface area (Å²) in [5, 5.41) is 10.1. The maximum Gasteiger partial charge on any atom is 0.0647 e. The average molecular weight is 170 g/mol. The van der Waals surface area contributed by atoms with E-state index >= 15 is 0 Å². The Balaban J connectivity index is 2.48. The van der Waals surface area contributed by atoms with Gasteiger partial charge in [0.1, 0.15) is 0 Å². The molecule has 0 aromatic heterocycles. The van der Waals surface area contributed by atoms with Gasteiger partial charge in [-0.1, -0.05) is 26.7 Å². The molecule has 72 valence electrons. The molecular formula is C11H22O. The van der Waals surface area contributed by atoms with Crippen LogP contribution >= 0.6 is 0 Å². The molecule has 1 rings (SSSR count). The van der Waals surface area contributed by atoms with Crippen LogP contribution in [0, 0.1) is 11.8 Å². The Bertz CT molecular complexity index is 138. The fourth-order valence-corrected chi connectivity index (χ4v) is 2.33. The van der Waals surface area contributed by atoms with E-state index in [1.807, 2.05) is 6.92 Å². The van der Waals surface area contributed by atoms with Crippen molar-refractivity contribution in [1.29, 1.82) is 0 Å². The van der Waals surface area contributed by atoms with Crippen molar-refractivity contribution in [1.82, 2.24) is 0 Å². The van der Waals surface area contributed by atoms with Crippen LogP contribution in [-0.4, -0.2) is 10.7 Å². The van der Waals surface area contributed by atoms with Crippen LogP contribution in [0.15, 0.2) is 0 Å². The molecule has 0 spiro atoms. The van der Waals surface area contributed by atoms with E-state index in [0.29, 0.717) is 5.92 Å². The van der Waals surface area contributed by atoms with Gasteiger partial charge in [-0.2, -0.15) is 0 Å². The summed E-state index contributed by atoms with van der Waals surface area (Å²) in [5.41, 5.74) is -0.373. The van der Waals surface area contributed by atoms with Crippen molar-refractivity contribution in [3.05, 3.63) is 0 Å². The molecule has 0 aromatic rings. The van der Waals surface area contributed by atoms with Gasteiger partial charge in [-0.3, -0.25) is 0 Å². The molecule has 0 bridgehead atoms. The van der Waals surface area contributed by atoms with Crippen molar-refractivity contribution in [2.45, 2.75) is 58.5 Å². The van der Waals surface area contributed by atoms with E-state index in [-0.39, 0.29) is 5.60 Å². The summed E-state index contributed by atoms with van der Waals surface area (Å²) in [6, 6.07) is 0. The lowest BCUT2D eigenvalue weighted by atomic mass is 9.73. The highest BCUT2D eigenvalue weighted by Crippen LogP contribution is 2.37. The van der Waals surface area contributed by atoms with Gasteiger partial charge in [0.05, 0.1) is 5.60 Å². The normalized spacial score (nSPS) is 37.2. The smallest absolute Gasteiger partial charge is 0.0647 e. The minimum Gasteiger partial charge on any atom is -0.390 e. The van der Waals surface area contributed by atoms with Crippen molar-refractivity contribution < 1.29 is 5.11 Å². The Morgan fingerprint density at radius 3 is 2.58 bits per heavy atom. The lowest BCUT2D eigenvalue weighted by Gasteiger charge is -2.38. The summed E-state index contributed by atoms with van der Waals surface area (Å²) in [5.74, 6) is 1.27. The van der Waals surface area contributed by atoms with E-state index in [9.17, 15) is 5.11 Å². The average Bonchev–Trinajstić information content (AvgIpc) is 1.92. The Labute approximate surface area is 76.2 Å². The van der Waals surface area contributed by atoms with E-state index in [1.165, 1.54) is 25.7 Å². The quantitative estimate of drug-likeness (QED) is 0.675. The van der Waals surface area contributed by atoms with E-state index in [1.54, 1.807) is 0 Å². The van der Waals surface area contributed by atoms with Crippen LogP contribution in [0.3, 0.4) is 0 Å². The fraction of sp³-hybridized carbons (Fsp3) is 1.00. The molecule has 1 nitrogen and oxygen atoms in total. The Morgan fingerprint density at radius 1 is 1.42 bits per heavy atom. The molecule has 0 amide bonds. The molecule has 0 unspecified atom stereocenters. The van der Waals surface area contributed by atoms with Gasteiger partial charge >= 0.3 is 0 Å². The second-order valence-corrected chi connectivity index (χ2v) is 4.93. The van der Waals surface area contributed by atoms with Crippen LogP contribution in [0.2, 0.25) is 0 Å². The van der Waals surface area contributed by atoms with Crippen LogP contribution in [0.25, 0.3) is 0 Å². The molecule has 0 saturated heterocycles. The zero-order chi connectivity index (χ0) is 9.19. The SMILES string of the molecule is CC(C)C[C@H]1CCCC[C@]1(C)O. The van der Waals surface area contributed by atoms with Gasteiger partial charge in [-0.05, 0) is 38.0 Å². The van der Waals surface area contributed by atoms with Crippen LogP contribution in [0.1, 0.15) is 52.9 Å². The topological polar surface area (TPSA) is 20.2 Å². The molecule has 0 aliphatic heterocycles. The van der Waals surface area contributed by atoms with Crippen molar-refractivity contribution in [2.75, 3.05) is 0 Å². The number of hydrogen-bond acceptors (Lipinski definition) is 1. The summed E-state index contributed by atoms with van der Waals surface area (Å²) in [4.78, 5) is 0. The summed E-state index contributed by atoms with van der Waals surface area (Å²) in [6.45, 7) is 6.49. The molecule has 1 aliphatic rings. The first-order chi connectivity index (χ1) is 5.52. The maximum absolute atomic E-state index is 10.1. The van der Waals surface area contributed by atoms with Gasteiger partial charge < -0.3 is 5.11 Å². The molecule has 12 heavy (non-hydrogen) atoms. The molecular weight excluding hydrogens is 148 g/mol. The van der Waals surface area contributed by atoms with Gasteiger partial charge in [0.15, 0.2) is 0 Å². The predicted octanol–water partition coefficient (Wildman–Crippen LogP) is 2.97. The molecule has 0 radical (unpaired) electrons. The molecule has 1 heteroatoms. The standard InChI is InChI=1S/C11H22O/c1-9(2)8-10-6-4-5-7-11(10,3)12/h9-10,12H,4-8H2,1-3H3/t10-,11+/m1/s1. The second kappa shape index (κ2) is 3.78. The predicted molar refractivity (Wildman–Crippen MR) is 52.0 cm³/mol. The largest absolute Gasteiger partial charge is 0.390 e. The van der Waals surface area contributed by atoms with Gasteiger partial charge in [0.2, 0.25) is 0 Å². The minimum atomic E-state index is -0.373. The van der Waals surface area contributed by atoms with E-state index in [0.717, 1.165) is 12.3 Å². The number of hydrogen-bond donors (Lipinski definition) is 1. The lowest BCUT2D eigenvalue weighted by molar-refractivity contribution is -0.0392. The monoisotopic (exact) mass is 170 g/mol. The Hall–Kier alpha value is -0.0400. The van der Waals surface area contributed by atoms with Crippen LogP contribution < -0.4 is 0 Å². The summed E-state index contributed by atoms with van der Waals surface area (Å²) < 4.78 is 0. The van der Waals surface area contributed by atoms with Gasteiger partial charge in [0.25, 0.3) is 0 Å². The highest BCUT2D eigenvalue weighted by molar-refractivity contribution is 4.86. The van der Waals surface area contributed by atoms with Crippen LogP contribution in [0.4, 0.5) is 0 Å². The zero-order valence-corrected chi connectivity index (χ0v) is 8.64. The fourth-order valence-electron chi connectivity index (χ4n) is 2.33. The van der Waals surface area contributed by atoms with Crippen molar-refractivity contribution in [3.63, 3.8) is 0 Å². The third-order valence-corrected chi connectivity index (χ3v) is 3.12. The number of aliphatic hydroxyl groups is 1. The van der Waals surface area contributed by atoms with Crippen molar-refractivity contribution >= 4 is 0 Å². The molecule has 0 heterocycles. The summed E-state index contributed by atoms with van der Waals surface area (Å²) in [7, 11) is 0.